The summed E-state index contributed by atoms with van der Waals surface area (Å²) in [6.07, 6.45) is 8.14. The van der Waals surface area contributed by atoms with Crippen molar-refractivity contribution in [3.8, 4) is 11.4 Å². The van der Waals surface area contributed by atoms with E-state index < -0.39 is 0 Å². The first-order valence-electron chi connectivity index (χ1n) is 11.9. The Hall–Kier alpha value is -4.96. The number of nitrogens with zero attached hydrogens (tertiary/aromatic N) is 2. The molecule has 2 aromatic heterocycles. The van der Waals surface area contributed by atoms with Gasteiger partial charge in [-0.05, 0) is 59.7 Å². The molecule has 2 heterocycles. The van der Waals surface area contributed by atoms with Crippen molar-refractivity contribution < 1.29 is 0 Å². The summed E-state index contributed by atoms with van der Waals surface area (Å²) < 4.78 is 4.24. The van der Waals surface area contributed by atoms with Gasteiger partial charge in [-0.3, -0.25) is 0 Å². The summed E-state index contributed by atoms with van der Waals surface area (Å²) in [5, 5.41) is 19.3. The molecule has 0 amide bonds. The molecule has 4 nitrogen and oxygen atoms in total. The molecule has 0 aliphatic carbocycles. The van der Waals surface area contributed by atoms with Crippen molar-refractivity contribution >= 4 is 34.0 Å². The highest BCUT2D eigenvalue weighted by atomic mass is 15.0. The number of para-hydroxylation sites is 2. The number of aromatic nitrogens is 2. The predicted molar refractivity (Wildman–Crippen MR) is 147 cm³/mol. The first kappa shape index (κ1) is 21.6. The van der Waals surface area contributed by atoms with E-state index in [1.165, 1.54) is 0 Å². The van der Waals surface area contributed by atoms with Gasteiger partial charge in [-0.15, -0.1) is 0 Å². The van der Waals surface area contributed by atoms with Gasteiger partial charge >= 0.3 is 0 Å². The van der Waals surface area contributed by atoms with Gasteiger partial charge in [0.25, 0.3) is 0 Å². The molecule has 0 aliphatic rings. The molecule has 172 valence electrons. The Morgan fingerprint density at radius 1 is 0.444 bits per heavy atom. The van der Waals surface area contributed by atoms with Crippen molar-refractivity contribution in [1.82, 2.24) is 9.13 Å². The molecule has 0 saturated carbocycles. The number of benzene rings is 4. The van der Waals surface area contributed by atoms with Gasteiger partial charge in [0, 0.05) is 34.5 Å². The second kappa shape index (κ2) is 9.01. The average Bonchev–Trinajstić information content (AvgIpc) is 2.93. The Bertz CT molecular complexity index is 1720. The van der Waals surface area contributed by atoms with Crippen LogP contribution >= 0.6 is 0 Å². The van der Waals surface area contributed by atoms with E-state index in [0.29, 0.717) is 10.7 Å². The Kier molecular flexibility index (Phi) is 5.39. The molecule has 2 N–H and O–H groups in total. The molecule has 4 heteroatoms. The third kappa shape index (κ3) is 3.95. The largest absolute Gasteiger partial charge is 0.316 e. The maximum Gasteiger partial charge on any atom is 0.0647 e. The van der Waals surface area contributed by atoms with Crippen LogP contribution in [-0.2, 0) is 0 Å². The molecule has 0 unspecified atom stereocenters. The topological polar surface area (TPSA) is 57.6 Å². The van der Waals surface area contributed by atoms with Gasteiger partial charge in [0.1, 0.15) is 0 Å². The van der Waals surface area contributed by atoms with Gasteiger partial charge in [-0.25, -0.2) is 0 Å². The van der Waals surface area contributed by atoms with Gasteiger partial charge < -0.3 is 20.0 Å². The Labute approximate surface area is 208 Å². The zero-order chi connectivity index (χ0) is 24.5. The third-order valence-electron chi connectivity index (χ3n) is 6.50. The fraction of sp³-hybridized carbons (Fsp3) is 0. The van der Waals surface area contributed by atoms with Crippen LogP contribution in [-0.4, -0.2) is 9.13 Å². The lowest BCUT2D eigenvalue weighted by Gasteiger charge is -2.12. The van der Waals surface area contributed by atoms with Crippen LogP contribution in [0.1, 0.15) is 11.1 Å². The van der Waals surface area contributed by atoms with Crippen LogP contribution < -0.4 is 10.7 Å². The number of nitrogens with one attached hydrogen (secondary N) is 2. The van der Waals surface area contributed by atoms with Crippen molar-refractivity contribution in [2.24, 2.45) is 0 Å². The van der Waals surface area contributed by atoms with Gasteiger partial charge in [0.05, 0.1) is 21.7 Å². The van der Waals surface area contributed by atoms with Crippen LogP contribution in [0.25, 0.3) is 45.3 Å². The number of fused-ring (bicyclic) bond motifs is 2. The van der Waals surface area contributed by atoms with Crippen molar-refractivity contribution in [3.05, 3.63) is 143 Å². The van der Waals surface area contributed by atoms with Crippen molar-refractivity contribution in [2.45, 2.75) is 0 Å². The van der Waals surface area contributed by atoms with Crippen LogP contribution in [0.4, 0.5) is 0 Å². The number of hydrogen-bond donors (Lipinski definition) is 2. The van der Waals surface area contributed by atoms with Crippen molar-refractivity contribution in [2.75, 3.05) is 0 Å². The Balaban J connectivity index is 1.25. The molecule has 0 saturated heterocycles. The van der Waals surface area contributed by atoms with Crippen LogP contribution in [0, 0.1) is 10.8 Å². The molecule has 6 rings (SSSR count). The minimum atomic E-state index is 0.535. The minimum absolute atomic E-state index is 0.535. The molecule has 4 aromatic carbocycles. The first-order valence-corrected chi connectivity index (χ1v) is 11.9. The molecular formula is C32H24N4. The molecule has 0 atom stereocenters. The molecule has 0 spiro atoms. The van der Waals surface area contributed by atoms with E-state index in [4.69, 9.17) is 10.8 Å². The lowest BCUT2D eigenvalue weighted by atomic mass is 10.1. The van der Waals surface area contributed by atoms with Gasteiger partial charge in [0.15, 0.2) is 0 Å². The fourth-order valence-corrected chi connectivity index (χ4v) is 4.60. The molecular weight excluding hydrogens is 440 g/mol. The summed E-state index contributed by atoms with van der Waals surface area (Å²) in [6.45, 7) is 0. The summed E-state index contributed by atoms with van der Waals surface area (Å²) in [6, 6.07) is 36.6. The first-order chi connectivity index (χ1) is 17.7. The van der Waals surface area contributed by atoms with E-state index in [1.807, 2.05) is 73.1 Å². The fourth-order valence-electron chi connectivity index (χ4n) is 4.60. The van der Waals surface area contributed by atoms with E-state index >= 15 is 0 Å². The van der Waals surface area contributed by atoms with Crippen molar-refractivity contribution in [3.63, 3.8) is 0 Å². The standard InChI is InChI=1S/C32H24N4/c33-29-19-21-35(31-7-3-1-5-27(29)31)25-15-11-23(12-16-25)9-10-24-13-17-26(18-14-24)36-22-20-30(34)28-6-2-4-8-32(28)36/h1-22,33-34H/b10-9+,33-29?,34-30?. The highest BCUT2D eigenvalue weighted by Gasteiger charge is 2.04. The SMILES string of the molecule is N=c1ccn(-c2ccc(/C=C/c3ccc(-n4ccc(=N)c5ccccc54)cc3)cc2)c2ccccc12. The van der Waals surface area contributed by atoms with Crippen LogP contribution in [0.3, 0.4) is 0 Å². The molecule has 0 bridgehead atoms. The second-order valence-corrected chi connectivity index (χ2v) is 8.75. The van der Waals surface area contributed by atoms with Crippen molar-refractivity contribution in [1.29, 1.82) is 10.8 Å². The van der Waals surface area contributed by atoms with Crippen LogP contribution in [0.2, 0.25) is 0 Å². The summed E-state index contributed by atoms with van der Waals surface area (Å²) in [5.41, 5.74) is 6.42. The smallest absolute Gasteiger partial charge is 0.0647 e. The van der Waals surface area contributed by atoms with E-state index in [2.05, 4.69) is 69.8 Å². The monoisotopic (exact) mass is 464 g/mol. The normalized spacial score (nSPS) is 11.4. The zero-order valence-corrected chi connectivity index (χ0v) is 19.6. The maximum atomic E-state index is 8.17. The molecule has 36 heavy (non-hydrogen) atoms. The lowest BCUT2D eigenvalue weighted by molar-refractivity contribution is 1.09. The third-order valence-corrected chi connectivity index (χ3v) is 6.50. The molecule has 0 aliphatic heterocycles. The summed E-state index contributed by atoms with van der Waals surface area (Å²) >= 11 is 0. The number of hydrogen-bond acceptors (Lipinski definition) is 2. The van der Waals surface area contributed by atoms with E-state index in [1.54, 1.807) is 0 Å². The molecule has 0 fully saturated rings. The molecule has 6 aromatic rings. The highest BCUT2D eigenvalue weighted by molar-refractivity contribution is 5.81. The van der Waals surface area contributed by atoms with Gasteiger partial charge in [-0.1, -0.05) is 72.8 Å². The minimum Gasteiger partial charge on any atom is -0.316 e. The van der Waals surface area contributed by atoms with Gasteiger partial charge in [0.2, 0.25) is 0 Å². The summed E-state index contributed by atoms with van der Waals surface area (Å²) in [7, 11) is 0. The van der Waals surface area contributed by atoms with E-state index in [-0.39, 0.29) is 0 Å². The van der Waals surface area contributed by atoms with Crippen LogP contribution in [0.15, 0.2) is 122 Å². The average molecular weight is 465 g/mol. The van der Waals surface area contributed by atoms with Crippen LogP contribution in [0.5, 0.6) is 0 Å². The predicted octanol–water partition coefficient (Wildman–Crippen LogP) is 6.70. The second-order valence-electron chi connectivity index (χ2n) is 8.75. The molecule has 0 radical (unpaired) electrons. The van der Waals surface area contributed by atoms with E-state index in [0.717, 1.165) is 44.3 Å². The number of rotatable bonds is 4. The Morgan fingerprint density at radius 3 is 1.25 bits per heavy atom. The summed E-state index contributed by atoms with van der Waals surface area (Å²) in [5.74, 6) is 0. The zero-order valence-electron chi connectivity index (χ0n) is 19.6. The highest BCUT2D eigenvalue weighted by Crippen LogP contribution is 2.19. The number of pyridine rings is 2. The lowest BCUT2D eigenvalue weighted by Crippen LogP contribution is -2.06. The van der Waals surface area contributed by atoms with E-state index in [9.17, 15) is 0 Å². The Morgan fingerprint density at radius 2 is 0.833 bits per heavy atom. The maximum absolute atomic E-state index is 8.17. The quantitative estimate of drug-likeness (QED) is 0.273. The van der Waals surface area contributed by atoms with Gasteiger partial charge in [-0.2, -0.15) is 0 Å². The summed E-state index contributed by atoms with van der Waals surface area (Å²) in [4.78, 5) is 0.